The third-order valence-electron chi connectivity index (χ3n) is 2.07. The number of ketones is 1. The molecule has 1 aromatic rings. The fourth-order valence-corrected chi connectivity index (χ4v) is 1.62. The Bertz CT molecular complexity index is 477. The van der Waals surface area contributed by atoms with Gasteiger partial charge in [0.1, 0.15) is 5.75 Å². The lowest BCUT2D eigenvalue weighted by Gasteiger charge is -2.09. The summed E-state index contributed by atoms with van der Waals surface area (Å²) >= 11 is 3.02. The molecule has 0 saturated heterocycles. The minimum Gasteiger partial charge on any atom is -0.496 e. The number of methoxy groups -OCH3 is 1. The molecule has 0 aliphatic rings. The van der Waals surface area contributed by atoms with E-state index < -0.39 is 0 Å². The number of carbonyl (C=O) groups is 2. The Morgan fingerprint density at radius 2 is 2.31 bits per heavy atom. The molecule has 0 spiro atoms. The molecule has 0 amide bonds. The molecule has 0 aliphatic heterocycles. The first-order valence-corrected chi connectivity index (χ1v) is 5.47. The van der Waals surface area contributed by atoms with E-state index in [1.165, 1.54) is 19.2 Å². The summed E-state index contributed by atoms with van der Waals surface area (Å²) in [5, 5.41) is 8.89. The molecule has 1 aromatic carbocycles. The maximum atomic E-state index is 11.6. The molecule has 0 N–H and O–H groups in total. The van der Waals surface area contributed by atoms with Gasteiger partial charge in [-0.25, -0.2) is 0 Å². The fraction of sp³-hybridized carbons (Fsp3) is 0.182. The van der Waals surface area contributed by atoms with Crippen LogP contribution >= 0.6 is 15.9 Å². The van der Waals surface area contributed by atoms with Crippen LogP contribution in [-0.4, -0.2) is 24.5 Å². The van der Waals surface area contributed by atoms with Crippen molar-refractivity contribution >= 4 is 28.0 Å². The van der Waals surface area contributed by atoms with E-state index in [-0.39, 0.29) is 27.8 Å². The highest BCUT2D eigenvalue weighted by Gasteiger charge is 2.19. The van der Waals surface area contributed by atoms with Crippen LogP contribution in [0.1, 0.15) is 26.3 Å². The fourth-order valence-electron chi connectivity index (χ4n) is 1.34. The van der Waals surface area contributed by atoms with Crippen LogP contribution in [0, 0.1) is 11.3 Å². The predicted molar refractivity (Wildman–Crippen MR) is 61.2 cm³/mol. The summed E-state index contributed by atoms with van der Waals surface area (Å²) in [6.45, 7) is 0. The first-order valence-electron chi connectivity index (χ1n) is 4.35. The second kappa shape index (κ2) is 5.42. The number of ether oxygens (including phenoxy) is 1. The average molecular weight is 282 g/mol. The number of halogens is 1. The van der Waals surface area contributed by atoms with Crippen molar-refractivity contribution < 1.29 is 14.3 Å². The molecule has 0 radical (unpaired) electrons. The van der Waals surface area contributed by atoms with Crippen LogP contribution in [0.2, 0.25) is 0 Å². The van der Waals surface area contributed by atoms with Crippen molar-refractivity contribution in [1.82, 2.24) is 0 Å². The maximum Gasteiger partial charge on any atom is 0.177 e. The van der Waals surface area contributed by atoms with Gasteiger partial charge in [0.25, 0.3) is 0 Å². The Hall–Kier alpha value is -1.67. The van der Waals surface area contributed by atoms with Crippen molar-refractivity contribution in [3.63, 3.8) is 0 Å². The largest absolute Gasteiger partial charge is 0.496 e. The molecule has 0 bridgehead atoms. The summed E-state index contributed by atoms with van der Waals surface area (Å²) in [5.41, 5.74) is 0.389. The van der Waals surface area contributed by atoms with Crippen LogP contribution in [0.15, 0.2) is 12.1 Å². The molecule has 5 heteroatoms. The minimum atomic E-state index is -0.295. The van der Waals surface area contributed by atoms with E-state index in [9.17, 15) is 9.59 Å². The molecule has 0 saturated carbocycles. The standard InChI is InChI=1S/C11H8BrNO3/c1-16-10-3-2-7(5-13)8(6-14)11(10)9(15)4-12/h2-3,6H,4H2,1H3. The highest BCUT2D eigenvalue weighted by atomic mass is 79.9. The number of nitriles is 1. The first-order chi connectivity index (χ1) is 7.69. The summed E-state index contributed by atoms with van der Waals surface area (Å²) in [5.74, 6) is 0.00148. The smallest absolute Gasteiger partial charge is 0.177 e. The molecule has 0 atom stereocenters. The SMILES string of the molecule is COc1ccc(C#N)c(C=O)c1C(=O)CBr. The van der Waals surface area contributed by atoms with Crippen molar-refractivity contribution in [2.45, 2.75) is 0 Å². The quantitative estimate of drug-likeness (QED) is 0.481. The van der Waals surface area contributed by atoms with Crippen molar-refractivity contribution in [2.24, 2.45) is 0 Å². The molecule has 0 unspecified atom stereocenters. The Morgan fingerprint density at radius 3 is 2.75 bits per heavy atom. The zero-order valence-corrected chi connectivity index (χ0v) is 10.1. The van der Waals surface area contributed by atoms with Gasteiger partial charge in [0.15, 0.2) is 12.1 Å². The van der Waals surface area contributed by atoms with Gasteiger partial charge in [-0.1, -0.05) is 15.9 Å². The monoisotopic (exact) mass is 281 g/mol. The minimum absolute atomic E-state index is 0.0685. The molecule has 1 rings (SSSR count). The van der Waals surface area contributed by atoms with E-state index in [0.29, 0.717) is 12.0 Å². The third-order valence-corrected chi connectivity index (χ3v) is 2.57. The van der Waals surface area contributed by atoms with Crippen molar-refractivity contribution in [3.05, 3.63) is 28.8 Å². The molecular formula is C11H8BrNO3. The topological polar surface area (TPSA) is 67.2 Å². The summed E-state index contributed by atoms with van der Waals surface area (Å²) in [6, 6.07) is 4.82. The normalized spacial score (nSPS) is 9.31. The van der Waals surface area contributed by atoms with Gasteiger partial charge in [-0.3, -0.25) is 9.59 Å². The summed E-state index contributed by atoms with van der Waals surface area (Å²) in [7, 11) is 1.40. The van der Waals surface area contributed by atoms with Gasteiger partial charge >= 0.3 is 0 Å². The van der Waals surface area contributed by atoms with Crippen LogP contribution in [0.3, 0.4) is 0 Å². The predicted octanol–water partition coefficient (Wildman–Crippen LogP) is 1.96. The van der Waals surface area contributed by atoms with E-state index in [2.05, 4.69) is 15.9 Å². The lowest BCUT2D eigenvalue weighted by molar-refractivity contribution is 0.101. The zero-order valence-electron chi connectivity index (χ0n) is 8.49. The number of nitrogens with zero attached hydrogens (tertiary/aromatic N) is 1. The number of hydrogen-bond acceptors (Lipinski definition) is 4. The van der Waals surface area contributed by atoms with Gasteiger partial charge in [-0.05, 0) is 12.1 Å². The molecular weight excluding hydrogens is 274 g/mol. The lowest BCUT2D eigenvalue weighted by Crippen LogP contribution is -2.09. The van der Waals surface area contributed by atoms with E-state index in [1.807, 2.05) is 6.07 Å². The summed E-state index contributed by atoms with van der Waals surface area (Å²) in [6.07, 6.45) is 0.497. The van der Waals surface area contributed by atoms with Crippen molar-refractivity contribution in [1.29, 1.82) is 5.26 Å². The molecule has 0 aliphatic carbocycles. The maximum absolute atomic E-state index is 11.6. The van der Waals surface area contributed by atoms with Crippen LogP contribution < -0.4 is 4.74 Å². The van der Waals surface area contributed by atoms with Gasteiger partial charge in [-0.15, -0.1) is 0 Å². The Morgan fingerprint density at radius 1 is 1.62 bits per heavy atom. The first kappa shape index (κ1) is 12.4. The van der Waals surface area contributed by atoms with Crippen LogP contribution in [-0.2, 0) is 0 Å². The number of hydrogen-bond donors (Lipinski definition) is 0. The van der Waals surface area contributed by atoms with Gasteiger partial charge in [0.2, 0.25) is 0 Å². The van der Waals surface area contributed by atoms with E-state index >= 15 is 0 Å². The Kier molecular flexibility index (Phi) is 4.20. The Balaban J connectivity index is 3.56. The molecule has 0 aromatic heterocycles. The zero-order chi connectivity index (χ0) is 12.1. The van der Waals surface area contributed by atoms with Crippen LogP contribution in [0.25, 0.3) is 0 Å². The highest BCUT2D eigenvalue weighted by Crippen LogP contribution is 2.25. The third kappa shape index (κ3) is 2.12. The number of rotatable bonds is 4. The number of alkyl halides is 1. The van der Waals surface area contributed by atoms with Gasteiger partial charge in [0, 0.05) is 5.56 Å². The van der Waals surface area contributed by atoms with Gasteiger partial charge in [-0.2, -0.15) is 5.26 Å². The highest BCUT2D eigenvalue weighted by molar-refractivity contribution is 9.09. The van der Waals surface area contributed by atoms with E-state index in [0.717, 1.165) is 0 Å². The number of carbonyl (C=O) groups excluding carboxylic acids is 2. The second-order valence-electron chi connectivity index (χ2n) is 2.89. The van der Waals surface area contributed by atoms with Gasteiger partial charge in [0.05, 0.1) is 29.6 Å². The van der Waals surface area contributed by atoms with Crippen molar-refractivity contribution in [2.75, 3.05) is 12.4 Å². The van der Waals surface area contributed by atoms with E-state index in [4.69, 9.17) is 10.00 Å². The second-order valence-corrected chi connectivity index (χ2v) is 3.45. The summed E-state index contributed by atoms with van der Waals surface area (Å²) in [4.78, 5) is 22.6. The molecule has 16 heavy (non-hydrogen) atoms. The number of aldehydes is 1. The van der Waals surface area contributed by atoms with E-state index in [1.54, 1.807) is 0 Å². The van der Waals surface area contributed by atoms with Crippen LogP contribution in [0.5, 0.6) is 5.75 Å². The number of Topliss-reactive ketones (excluding diaryl/α,β-unsaturated/α-hetero) is 1. The lowest BCUT2D eigenvalue weighted by atomic mass is 9.99. The molecule has 82 valence electrons. The van der Waals surface area contributed by atoms with Crippen molar-refractivity contribution in [3.8, 4) is 11.8 Å². The molecule has 0 fully saturated rings. The average Bonchev–Trinajstić information content (AvgIpc) is 2.35. The Labute approximate surface area is 101 Å². The van der Waals surface area contributed by atoms with Crippen LogP contribution in [0.4, 0.5) is 0 Å². The number of benzene rings is 1. The summed E-state index contributed by atoms with van der Waals surface area (Å²) < 4.78 is 5.00. The molecule has 0 heterocycles. The van der Waals surface area contributed by atoms with Gasteiger partial charge < -0.3 is 4.74 Å². The molecule has 4 nitrogen and oxygen atoms in total.